The van der Waals surface area contributed by atoms with E-state index in [1.54, 1.807) is 7.11 Å². The molecule has 0 radical (unpaired) electrons. The summed E-state index contributed by atoms with van der Waals surface area (Å²) in [6, 6.07) is 8.12. The number of nitrogens with zero attached hydrogens (tertiary/aromatic N) is 2. The average Bonchev–Trinajstić information content (AvgIpc) is 3.11. The molecule has 1 heterocycles. The van der Waals surface area contributed by atoms with E-state index in [2.05, 4.69) is 34.7 Å². The average molecular weight is 381 g/mol. The fourth-order valence-electron chi connectivity index (χ4n) is 2.15. The van der Waals surface area contributed by atoms with E-state index in [-0.39, 0.29) is 11.9 Å². The van der Waals surface area contributed by atoms with Crippen molar-refractivity contribution in [3.63, 3.8) is 0 Å². The maximum absolute atomic E-state index is 11.9. The molecule has 0 aliphatic carbocycles. The van der Waals surface area contributed by atoms with Gasteiger partial charge in [-0.2, -0.15) is 0 Å². The minimum atomic E-state index is 0.0432. The van der Waals surface area contributed by atoms with Crippen LogP contribution in [0.25, 0.3) is 0 Å². The van der Waals surface area contributed by atoms with Crippen LogP contribution in [-0.2, 0) is 11.3 Å². The molecular weight excluding hydrogens is 356 g/mol. The second kappa shape index (κ2) is 10.2. The molecule has 1 aromatic heterocycles. The van der Waals surface area contributed by atoms with Gasteiger partial charge in [0.2, 0.25) is 11.0 Å². The highest BCUT2D eigenvalue weighted by Gasteiger charge is 2.11. The number of hydrogen-bond donors (Lipinski definition) is 2. The molecule has 0 atom stereocenters. The summed E-state index contributed by atoms with van der Waals surface area (Å²) in [5, 5.41) is 15.2. The molecule has 1 aromatic carbocycles. The normalized spacial score (nSPS) is 10.7. The Kier molecular flexibility index (Phi) is 8.00. The number of carbonyl (C=O) groups excluding carboxylic acids is 1. The number of hydrogen-bond acceptors (Lipinski definition) is 7. The number of benzene rings is 1. The lowest BCUT2D eigenvalue weighted by atomic mass is 10.2. The van der Waals surface area contributed by atoms with Gasteiger partial charge in [0.1, 0.15) is 5.75 Å². The highest BCUT2D eigenvalue weighted by atomic mass is 32.2. The molecule has 0 saturated heterocycles. The van der Waals surface area contributed by atoms with Gasteiger partial charge in [0.25, 0.3) is 0 Å². The van der Waals surface area contributed by atoms with E-state index in [0.29, 0.717) is 12.3 Å². The van der Waals surface area contributed by atoms with Crippen LogP contribution >= 0.6 is 23.1 Å². The molecule has 0 spiro atoms. The van der Waals surface area contributed by atoms with E-state index in [1.807, 2.05) is 24.3 Å². The third-order valence-corrected chi connectivity index (χ3v) is 5.70. The number of methoxy groups -OCH3 is 1. The quantitative estimate of drug-likeness (QED) is 0.614. The van der Waals surface area contributed by atoms with Gasteiger partial charge in [-0.3, -0.25) is 4.79 Å². The Labute approximate surface area is 156 Å². The van der Waals surface area contributed by atoms with Gasteiger partial charge in [0.15, 0.2) is 4.34 Å². The van der Waals surface area contributed by atoms with Crippen LogP contribution in [0.5, 0.6) is 5.75 Å². The zero-order valence-electron chi connectivity index (χ0n) is 14.7. The van der Waals surface area contributed by atoms with E-state index in [0.717, 1.165) is 33.6 Å². The third kappa shape index (κ3) is 6.55. The molecule has 2 aromatic rings. The fraction of sp³-hybridized carbons (Fsp3) is 0.471. The van der Waals surface area contributed by atoms with E-state index >= 15 is 0 Å². The molecule has 0 aliphatic heterocycles. The summed E-state index contributed by atoms with van der Waals surface area (Å²) >= 11 is 2.87. The molecule has 2 rings (SSSR count). The second-order valence-corrected chi connectivity index (χ2v) is 7.64. The largest absolute Gasteiger partial charge is 0.497 e. The van der Waals surface area contributed by atoms with E-state index in [4.69, 9.17) is 4.74 Å². The molecule has 0 fully saturated rings. The summed E-state index contributed by atoms with van der Waals surface area (Å²) in [5.74, 6) is 1.25. The summed E-state index contributed by atoms with van der Waals surface area (Å²) in [4.78, 5) is 11.9. The van der Waals surface area contributed by atoms with Crippen molar-refractivity contribution in [2.24, 2.45) is 0 Å². The van der Waals surface area contributed by atoms with Gasteiger partial charge < -0.3 is 15.4 Å². The van der Waals surface area contributed by atoms with Crippen LogP contribution in [0.4, 0.5) is 5.13 Å². The van der Waals surface area contributed by atoms with Gasteiger partial charge >= 0.3 is 0 Å². The summed E-state index contributed by atoms with van der Waals surface area (Å²) in [6.45, 7) is 4.82. The minimum Gasteiger partial charge on any atom is -0.497 e. The number of thioether (sulfide) groups is 1. The highest BCUT2D eigenvalue weighted by Crippen LogP contribution is 2.25. The first-order valence-corrected chi connectivity index (χ1v) is 10.1. The lowest BCUT2D eigenvalue weighted by Crippen LogP contribution is -2.34. The van der Waals surface area contributed by atoms with Crippen LogP contribution in [0.15, 0.2) is 28.6 Å². The maximum atomic E-state index is 11.9. The Morgan fingerprint density at radius 2 is 1.96 bits per heavy atom. The zero-order chi connectivity index (χ0) is 18.1. The van der Waals surface area contributed by atoms with Crippen molar-refractivity contribution in [3.8, 4) is 5.75 Å². The number of rotatable bonds is 10. The minimum absolute atomic E-state index is 0.0432. The zero-order valence-corrected chi connectivity index (χ0v) is 16.4. The fourth-order valence-corrected chi connectivity index (χ4v) is 3.71. The van der Waals surface area contributed by atoms with Crippen molar-refractivity contribution < 1.29 is 9.53 Å². The molecule has 8 heteroatoms. The molecule has 0 unspecified atom stereocenters. The first-order valence-electron chi connectivity index (χ1n) is 8.27. The van der Waals surface area contributed by atoms with Crippen LogP contribution < -0.4 is 15.4 Å². The highest BCUT2D eigenvalue weighted by molar-refractivity contribution is 8.01. The number of carbonyl (C=O) groups is 1. The lowest BCUT2D eigenvalue weighted by Gasteiger charge is -2.13. The van der Waals surface area contributed by atoms with Gasteiger partial charge in [0, 0.05) is 12.6 Å². The predicted octanol–water partition coefficient (Wildman–Crippen LogP) is 3.56. The van der Waals surface area contributed by atoms with Gasteiger partial charge in [-0.25, -0.2) is 0 Å². The van der Waals surface area contributed by atoms with Crippen molar-refractivity contribution in [3.05, 3.63) is 29.8 Å². The molecule has 1 amide bonds. The Bertz CT molecular complexity index is 657. The number of nitrogens with one attached hydrogen (secondary N) is 2. The lowest BCUT2D eigenvalue weighted by molar-refractivity contribution is -0.119. The van der Waals surface area contributed by atoms with Crippen molar-refractivity contribution >= 4 is 34.1 Å². The molecular formula is C17H24N4O2S2. The SMILES string of the molecule is CCC(CC)NC(=O)CSc1nnc(NCc2ccc(OC)cc2)s1. The van der Waals surface area contributed by atoms with Gasteiger partial charge in [0.05, 0.1) is 12.9 Å². The third-order valence-electron chi connectivity index (χ3n) is 3.69. The van der Waals surface area contributed by atoms with E-state index < -0.39 is 0 Å². The van der Waals surface area contributed by atoms with Crippen molar-refractivity contribution in [1.82, 2.24) is 15.5 Å². The van der Waals surface area contributed by atoms with Crippen LogP contribution in [0.1, 0.15) is 32.3 Å². The molecule has 0 saturated carbocycles. The number of ether oxygens (including phenoxy) is 1. The van der Waals surface area contributed by atoms with Gasteiger partial charge in [-0.1, -0.05) is 49.1 Å². The molecule has 25 heavy (non-hydrogen) atoms. The van der Waals surface area contributed by atoms with Crippen LogP contribution in [-0.4, -0.2) is 35.0 Å². The van der Waals surface area contributed by atoms with E-state index in [9.17, 15) is 4.79 Å². The Morgan fingerprint density at radius 3 is 2.60 bits per heavy atom. The Hall–Kier alpha value is -1.80. The summed E-state index contributed by atoms with van der Waals surface area (Å²) in [7, 11) is 1.65. The summed E-state index contributed by atoms with van der Waals surface area (Å²) < 4.78 is 5.93. The van der Waals surface area contributed by atoms with Gasteiger partial charge in [-0.15, -0.1) is 10.2 Å². The van der Waals surface area contributed by atoms with Crippen molar-refractivity contribution in [2.45, 2.75) is 43.6 Å². The van der Waals surface area contributed by atoms with Crippen molar-refractivity contribution in [1.29, 1.82) is 0 Å². The first-order chi connectivity index (χ1) is 12.1. The molecule has 0 aliphatic rings. The van der Waals surface area contributed by atoms with Crippen LogP contribution in [0, 0.1) is 0 Å². The maximum Gasteiger partial charge on any atom is 0.230 e. The number of anilines is 1. The number of amides is 1. The first kappa shape index (κ1) is 19.5. The monoisotopic (exact) mass is 380 g/mol. The molecule has 6 nitrogen and oxygen atoms in total. The Balaban J connectivity index is 1.76. The summed E-state index contributed by atoms with van der Waals surface area (Å²) in [6.07, 6.45) is 1.90. The molecule has 0 bridgehead atoms. The smallest absolute Gasteiger partial charge is 0.230 e. The molecule has 136 valence electrons. The van der Waals surface area contributed by atoms with E-state index in [1.165, 1.54) is 23.1 Å². The van der Waals surface area contributed by atoms with Crippen molar-refractivity contribution in [2.75, 3.05) is 18.2 Å². The molecule has 2 N–H and O–H groups in total. The van der Waals surface area contributed by atoms with Crippen LogP contribution in [0.2, 0.25) is 0 Å². The topological polar surface area (TPSA) is 76.1 Å². The summed E-state index contributed by atoms with van der Waals surface area (Å²) in [5.41, 5.74) is 1.13. The van der Waals surface area contributed by atoms with Gasteiger partial charge in [-0.05, 0) is 30.5 Å². The second-order valence-electron chi connectivity index (χ2n) is 5.44. The Morgan fingerprint density at radius 1 is 1.24 bits per heavy atom. The van der Waals surface area contributed by atoms with Crippen LogP contribution in [0.3, 0.4) is 0 Å². The number of aromatic nitrogens is 2. The predicted molar refractivity (Wildman–Crippen MR) is 103 cm³/mol. The standard InChI is InChI=1S/C17H24N4O2S2/c1-4-13(5-2)19-15(22)11-24-17-21-20-16(25-17)18-10-12-6-8-14(23-3)9-7-12/h6-9,13H,4-5,10-11H2,1-3H3,(H,18,20)(H,19,22).